The number of rotatable bonds is 3. The Hall–Kier alpha value is -1.65. The van der Waals surface area contributed by atoms with Crippen molar-refractivity contribution in [3.8, 4) is 0 Å². The third kappa shape index (κ3) is 3.43. The van der Waals surface area contributed by atoms with Gasteiger partial charge in [0, 0.05) is 5.41 Å². The SMILES string of the molecule is O=S(=O)(C=Cc1ccc(F)c(Cl)c1)c1ccccc1. The predicted octanol–water partition coefficient (Wildman–Crippen LogP) is 3.92. The molecule has 5 heteroatoms. The summed E-state index contributed by atoms with van der Waals surface area (Å²) in [5, 5.41) is 1.03. The van der Waals surface area contributed by atoms with Crippen LogP contribution in [-0.2, 0) is 9.84 Å². The Morgan fingerprint density at radius 2 is 1.74 bits per heavy atom. The topological polar surface area (TPSA) is 34.1 Å². The first-order chi connectivity index (χ1) is 8.99. The summed E-state index contributed by atoms with van der Waals surface area (Å²) in [4.78, 5) is 0.208. The zero-order valence-electron chi connectivity index (χ0n) is 9.75. The molecule has 2 rings (SSSR count). The third-order valence-corrected chi connectivity index (χ3v) is 4.17. The van der Waals surface area contributed by atoms with Crippen molar-refractivity contribution in [3.05, 3.63) is 70.3 Å². The summed E-state index contributed by atoms with van der Waals surface area (Å²) in [5.41, 5.74) is 0.519. The molecule has 19 heavy (non-hydrogen) atoms. The normalized spacial score (nSPS) is 11.9. The van der Waals surface area contributed by atoms with Crippen molar-refractivity contribution >= 4 is 27.5 Å². The molecule has 0 fully saturated rings. The van der Waals surface area contributed by atoms with Crippen molar-refractivity contribution in [2.24, 2.45) is 0 Å². The van der Waals surface area contributed by atoms with Crippen LogP contribution in [0.2, 0.25) is 5.02 Å². The van der Waals surface area contributed by atoms with Crippen LogP contribution in [0.5, 0.6) is 0 Å². The van der Waals surface area contributed by atoms with E-state index < -0.39 is 15.7 Å². The van der Waals surface area contributed by atoms with Gasteiger partial charge in [-0.3, -0.25) is 0 Å². The number of sulfone groups is 1. The Labute approximate surface area is 116 Å². The van der Waals surface area contributed by atoms with Crippen LogP contribution in [0.25, 0.3) is 6.08 Å². The Bertz CT molecular complexity index is 709. The second-order valence-corrected chi connectivity index (χ2v) is 6.08. The Morgan fingerprint density at radius 1 is 1.05 bits per heavy atom. The van der Waals surface area contributed by atoms with Gasteiger partial charge < -0.3 is 0 Å². The zero-order chi connectivity index (χ0) is 13.9. The van der Waals surface area contributed by atoms with E-state index in [0.29, 0.717) is 5.56 Å². The Morgan fingerprint density at radius 3 is 2.37 bits per heavy atom. The van der Waals surface area contributed by atoms with Gasteiger partial charge in [-0.2, -0.15) is 0 Å². The van der Waals surface area contributed by atoms with Gasteiger partial charge in [-0.25, -0.2) is 12.8 Å². The van der Waals surface area contributed by atoms with Gasteiger partial charge in [0.25, 0.3) is 0 Å². The zero-order valence-corrected chi connectivity index (χ0v) is 11.3. The van der Waals surface area contributed by atoms with Crippen LogP contribution in [-0.4, -0.2) is 8.42 Å². The summed E-state index contributed by atoms with van der Waals surface area (Å²) < 4.78 is 36.9. The lowest BCUT2D eigenvalue weighted by atomic mass is 10.2. The second kappa shape index (κ2) is 5.55. The quantitative estimate of drug-likeness (QED) is 0.860. The minimum atomic E-state index is -3.50. The molecule has 0 aromatic heterocycles. The molecule has 2 aromatic carbocycles. The van der Waals surface area contributed by atoms with Crippen LogP contribution in [0.1, 0.15) is 5.56 Å². The summed E-state index contributed by atoms with van der Waals surface area (Å²) in [6, 6.07) is 12.1. The molecule has 0 aliphatic carbocycles. The van der Waals surface area contributed by atoms with Gasteiger partial charge in [0.05, 0.1) is 9.92 Å². The van der Waals surface area contributed by atoms with Crippen molar-refractivity contribution in [1.82, 2.24) is 0 Å². The van der Waals surface area contributed by atoms with Crippen LogP contribution < -0.4 is 0 Å². The molecule has 0 bridgehead atoms. The van der Waals surface area contributed by atoms with Crippen LogP contribution >= 0.6 is 11.6 Å². The fourth-order valence-corrected chi connectivity index (χ4v) is 2.69. The van der Waals surface area contributed by atoms with E-state index in [1.165, 1.54) is 36.4 Å². The lowest BCUT2D eigenvalue weighted by molar-refractivity contribution is 0.605. The van der Waals surface area contributed by atoms with E-state index in [-0.39, 0.29) is 9.92 Å². The van der Waals surface area contributed by atoms with E-state index in [9.17, 15) is 12.8 Å². The minimum Gasteiger partial charge on any atom is -0.219 e. The lowest BCUT2D eigenvalue weighted by Crippen LogP contribution is -1.95. The summed E-state index contributed by atoms with van der Waals surface area (Å²) in [6.07, 6.45) is 1.38. The van der Waals surface area contributed by atoms with E-state index in [4.69, 9.17) is 11.6 Å². The highest BCUT2D eigenvalue weighted by atomic mass is 35.5. The molecule has 0 radical (unpaired) electrons. The Kier molecular flexibility index (Phi) is 4.02. The molecule has 0 amide bonds. The van der Waals surface area contributed by atoms with Gasteiger partial charge in [0.1, 0.15) is 5.82 Å². The molecule has 0 saturated heterocycles. The van der Waals surface area contributed by atoms with Gasteiger partial charge in [-0.05, 0) is 35.9 Å². The van der Waals surface area contributed by atoms with Crippen LogP contribution in [0, 0.1) is 5.82 Å². The maximum atomic E-state index is 13.0. The van der Waals surface area contributed by atoms with Gasteiger partial charge in [0.15, 0.2) is 9.84 Å². The summed E-state index contributed by atoms with van der Waals surface area (Å²) in [6.45, 7) is 0. The molecule has 98 valence electrons. The molecule has 0 unspecified atom stereocenters. The average Bonchev–Trinajstić information content (AvgIpc) is 2.41. The van der Waals surface area contributed by atoms with Crippen molar-refractivity contribution < 1.29 is 12.8 Å². The fourth-order valence-electron chi connectivity index (χ4n) is 1.47. The average molecular weight is 297 g/mol. The van der Waals surface area contributed by atoms with Gasteiger partial charge in [-0.1, -0.05) is 35.9 Å². The molecule has 0 atom stereocenters. The van der Waals surface area contributed by atoms with Gasteiger partial charge >= 0.3 is 0 Å². The lowest BCUT2D eigenvalue weighted by Gasteiger charge is -1.99. The molecule has 0 aliphatic rings. The van der Waals surface area contributed by atoms with Crippen molar-refractivity contribution in [2.75, 3.05) is 0 Å². The van der Waals surface area contributed by atoms with E-state index in [0.717, 1.165) is 5.41 Å². The number of benzene rings is 2. The Balaban J connectivity index is 2.30. The molecule has 0 heterocycles. The van der Waals surface area contributed by atoms with E-state index in [1.54, 1.807) is 18.2 Å². The maximum Gasteiger partial charge on any atom is 0.199 e. The second-order valence-electron chi connectivity index (χ2n) is 3.83. The molecule has 0 aliphatic heterocycles. The van der Waals surface area contributed by atoms with Gasteiger partial charge in [-0.15, -0.1) is 0 Å². The van der Waals surface area contributed by atoms with E-state index >= 15 is 0 Å². The molecular formula is C14H10ClFO2S. The first kappa shape index (κ1) is 13.8. The van der Waals surface area contributed by atoms with E-state index in [2.05, 4.69) is 0 Å². The smallest absolute Gasteiger partial charge is 0.199 e. The first-order valence-electron chi connectivity index (χ1n) is 5.42. The molecule has 2 nitrogen and oxygen atoms in total. The van der Waals surface area contributed by atoms with Crippen LogP contribution in [0.15, 0.2) is 58.8 Å². The van der Waals surface area contributed by atoms with E-state index in [1.807, 2.05) is 0 Å². The molecular weight excluding hydrogens is 287 g/mol. The highest BCUT2D eigenvalue weighted by Gasteiger charge is 2.08. The van der Waals surface area contributed by atoms with Crippen molar-refractivity contribution in [1.29, 1.82) is 0 Å². The van der Waals surface area contributed by atoms with Crippen molar-refractivity contribution in [3.63, 3.8) is 0 Å². The molecule has 0 spiro atoms. The molecule has 0 N–H and O–H groups in total. The fraction of sp³-hybridized carbons (Fsp3) is 0. The van der Waals surface area contributed by atoms with Crippen LogP contribution in [0.3, 0.4) is 0 Å². The predicted molar refractivity (Wildman–Crippen MR) is 74.1 cm³/mol. The first-order valence-corrected chi connectivity index (χ1v) is 7.35. The summed E-state index contributed by atoms with van der Waals surface area (Å²) >= 11 is 5.62. The summed E-state index contributed by atoms with van der Waals surface area (Å²) in [7, 11) is -3.50. The van der Waals surface area contributed by atoms with Crippen molar-refractivity contribution in [2.45, 2.75) is 4.90 Å². The number of hydrogen-bond acceptors (Lipinski definition) is 2. The largest absolute Gasteiger partial charge is 0.219 e. The van der Waals surface area contributed by atoms with Gasteiger partial charge in [0.2, 0.25) is 0 Å². The minimum absolute atomic E-state index is 0.0424. The standard InChI is InChI=1S/C14H10ClFO2S/c15-13-10-11(6-7-14(13)16)8-9-19(17,18)12-4-2-1-3-5-12/h1-10H. The molecule has 0 saturated carbocycles. The number of hydrogen-bond donors (Lipinski definition) is 0. The highest BCUT2D eigenvalue weighted by molar-refractivity contribution is 7.94. The monoisotopic (exact) mass is 296 g/mol. The highest BCUT2D eigenvalue weighted by Crippen LogP contribution is 2.18. The third-order valence-electron chi connectivity index (χ3n) is 2.46. The molecule has 2 aromatic rings. The number of halogens is 2. The maximum absolute atomic E-state index is 13.0. The summed E-state index contributed by atoms with van der Waals surface area (Å²) in [5.74, 6) is -0.537. The van der Waals surface area contributed by atoms with Crippen LogP contribution in [0.4, 0.5) is 4.39 Å².